The third-order valence-electron chi connectivity index (χ3n) is 3.85. The normalized spacial score (nSPS) is 10.8. The number of nitrogens with zero attached hydrogens (tertiary/aromatic N) is 2. The fourth-order valence-corrected chi connectivity index (χ4v) is 3.38. The van der Waals surface area contributed by atoms with Crippen molar-refractivity contribution in [1.82, 2.24) is 15.5 Å². The molecule has 0 bridgehead atoms. The van der Waals surface area contributed by atoms with Crippen LogP contribution < -0.4 is 10.1 Å². The number of benzene rings is 2. The first kappa shape index (κ1) is 16.3. The van der Waals surface area contributed by atoms with E-state index in [0.717, 1.165) is 21.5 Å². The molecule has 7 heteroatoms. The van der Waals surface area contributed by atoms with Crippen LogP contribution in [0.5, 0.6) is 5.75 Å². The molecule has 0 fully saturated rings. The average molecular weight is 365 g/mol. The minimum atomic E-state index is -0.222. The molecule has 2 aromatic heterocycles. The Kier molecular flexibility index (Phi) is 4.37. The van der Waals surface area contributed by atoms with Crippen LogP contribution in [0.2, 0.25) is 0 Å². The number of aromatic nitrogens is 2. The van der Waals surface area contributed by atoms with Gasteiger partial charge in [0.2, 0.25) is 0 Å². The monoisotopic (exact) mass is 365 g/mol. The molecule has 6 nitrogen and oxygen atoms in total. The van der Waals surface area contributed by atoms with Gasteiger partial charge >= 0.3 is 0 Å². The number of ether oxygens (including phenoxy) is 1. The number of methoxy groups -OCH3 is 1. The maximum atomic E-state index is 12.3. The van der Waals surface area contributed by atoms with Gasteiger partial charge in [-0.25, -0.2) is 4.98 Å². The molecule has 4 aromatic rings. The van der Waals surface area contributed by atoms with Gasteiger partial charge in [0.1, 0.15) is 11.4 Å². The Hall–Kier alpha value is -3.19. The van der Waals surface area contributed by atoms with Crippen molar-refractivity contribution < 1.29 is 14.1 Å². The fraction of sp³-hybridized carbons (Fsp3) is 0.105. The second-order valence-corrected chi connectivity index (χ2v) is 6.61. The molecule has 26 heavy (non-hydrogen) atoms. The van der Waals surface area contributed by atoms with Gasteiger partial charge in [-0.2, -0.15) is 0 Å². The number of nitrogens with one attached hydrogen (secondary N) is 1. The number of carbonyl (C=O) groups excluding carboxylic acids is 1. The largest absolute Gasteiger partial charge is 0.497 e. The number of amides is 1. The molecule has 130 valence electrons. The van der Waals surface area contributed by atoms with Crippen molar-refractivity contribution in [2.24, 2.45) is 0 Å². The molecule has 2 aromatic carbocycles. The smallest absolute Gasteiger partial charge is 0.280 e. The lowest BCUT2D eigenvalue weighted by Crippen LogP contribution is -2.22. The number of thiazole rings is 1. The summed E-state index contributed by atoms with van der Waals surface area (Å²) >= 11 is 1.37. The van der Waals surface area contributed by atoms with E-state index >= 15 is 0 Å². The van der Waals surface area contributed by atoms with Crippen LogP contribution >= 0.6 is 11.3 Å². The zero-order chi connectivity index (χ0) is 17.9. The van der Waals surface area contributed by atoms with Gasteiger partial charge in [0.05, 0.1) is 23.9 Å². The summed E-state index contributed by atoms with van der Waals surface area (Å²) in [5.41, 5.74) is 2.36. The summed E-state index contributed by atoms with van der Waals surface area (Å²) in [5, 5.41) is 7.27. The van der Waals surface area contributed by atoms with Crippen molar-refractivity contribution in [3.05, 3.63) is 65.3 Å². The summed E-state index contributed by atoms with van der Waals surface area (Å²) < 4.78 is 11.5. The highest BCUT2D eigenvalue weighted by Gasteiger charge is 2.13. The summed E-state index contributed by atoms with van der Waals surface area (Å²) in [4.78, 5) is 16.6. The van der Waals surface area contributed by atoms with E-state index in [1.807, 2.05) is 48.5 Å². The van der Waals surface area contributed by atoms with Crippen LogP contribution in [0.15, 0.2) is 59.1 Å². The van der Waals surface area contributed by atoms with Crippen molar-refractivity contribution in [3.63, 3.8) is 0 Å². The molecule has 0 aliphatic carbocycles. The molecule has 2 heterocycles. The van der Waals surface area contributed by atoms with Crippen molar-refractivity contribution in [2.75, 3.05) is 7.11 Å². The zero-order valence-electron chi connectivity index (χ0n) is 13.9. The lowest BCUT2D eigenvalue weighted by Gasteiger charge is -1.99. The summed E-state index contributed by atoms with van der Waals surface area (Å²) in [7, 11) is 1.62. The minimum absolute atomic E-state index is 0.222. The molecule has 0 spiro atoms. The fourth-order valence-electron chi connectivity index (χ4n) is 2.50. The Morgan fingerprint density at radius 1 is 1.19 bits per heavy atom. The molecule has 0 radical (unpaired) electrons. The first-order valence-electron chi connectivity index (χ1n) is 7.97. The number of hydrogen-bond acceptors (Lipinski definition) is 6. The highest BCUT2D eigenvalue weighted by Crippen LogP contribution is 2.24. The van der Waals surface area contributed by atoms with Crippen LogP contribution in [0, 0.1) is 0 Å². The standard InChI is InChI=1S/C19H15N3O3S/c1-24-14-8-6-12(7-9-14)16-10-13(22-25-16)11-20-18(23)19-21-15-4-2-3-5-17(15)26-19/h2-10H,11H2,1H3,(H,20,23). The third-order valence-corrected chi connectivity index (χ3v) is 4.89. The van der Waals surface area contributed by atoms with Crippen LogP contribution in [0.3, 0.4) is 0 Å². The van der Waals surface area contributed by atoms with Gasteiger partial charge in [0.25, 0.3) is 5.91 Å². The van der Waals surface area contributed by atoms with Crippen LogP contribution in [-0.2, 0) is 6.54 Å². The second kappa shape index (κ2) is 6.97. The lowest BCUT2D eigenvalue weighted by molar-refractivity contribution is 0.0950. The van der Waals surface area contributed by atoms with E-state index in [0.29, 0.717) is 16.5 Å². The Morgan fingerprint density at radius 2 is 2.00 bits per heavy atom. The van der Waals surface area contributed by atoms with Crippen molar-refractivity contribution in [3.8, 4) is 17.1 Å². The summed E-state index contributed by atoms with van der Waals surface area (Å²) in [5.74, 6) is 1.19. The molecule has 0 aliphatic rings. The van der Waals surface area contributed by atoms with Crippen LogP contribution in [0.1, 0.15) is 15.5 Å². The second-order valence-electron chi connectivity index (χ2n) is 5.58. The van der Waals surface area contributed by atoms with Crippen LogP contribution in [-0.4, -0.2) is 23.2 Å². The van der Waals surface area contributed by atoms with Gasteiger partial charge in [-0.3, -0.25) is 4.79 Å². The zero-order valence-corrected chi connectivity index (χ0v) is 14.7. The quantitative estimate of drug-likeness (QED) is 0.581. The van der Waals surface area contributed by atoms with Gasteiger partial charge in [-0.05, 0) is 36.4 Å². The predicted octanol–water partition coefficient (Wildman–Crippen LogP) is 3.89. The molecule has 1 N–H and O–H groups in total. The summed E-state index contributed by atoms with van der Waals surface area (Å²) in [6, 6.07) is 17.0. The Morgan fingerprint density at radius 3 is 2.77 bits per heavy atom. The van der Waals surface area contributed by atoms with E-state index < -0.39 is 0 Å². The molecule has 1 amide bonds. The maximum absolute atomic E-state index is 12.3. The third kappa shape index (κ3) is 3.29. The molecular weight excluding hydrogens is 350 g/mol. The number of para-hydroxylation sites is 1. The maximum Gasteiger partial charge on any atom is 0.280 e. The summed E-state index contributed by atoms with van der Waals surface area (Å²) in [6.07, 6.45) is 0. The van der Waals surface area contributed by atoms with E-state index in [1.165, 1.54) is 11.3 Å². The minimum Gasteiger partial charge on any atom is -0.497 e. The van der Waals surface area contributed by atoms with Gasteiger partial charge < -0.3 is 14.6 Å². The SMILES string of the molecule is COc1ccc(-c2cc(CNC(=O)c3nc4ccccc4s3)no2)cc1. The molecule has 0 saturated heterocycles. The van der Waals surface area contributed by atoms with Gasteiger partial charge in [-0.15, -0.1) is 11.3 Å². The average Bonchev–Trinajstić information content (AvgIpc) is 3.33. The summed E-state index contributed by atoms with van der Waals surface area (Å²) in [6.45, 7) is 0.272. The number of rotatable bonds is 5. The molecule has 0 unspecified atom stereocenters. The molecule has 0 atom stereocenters. The highest BCUT2D eigenvalue weighted by molar-refractivity contribution is 7.20. The molecule has 4 rings (SSSR count). The van der Waals surface area contributed by atoms with Crippen molar-refractivity contribution in [1.29, 1.82) is 0 Å². The molecule has 0 aliphatic heterocycles. The van der Waals surface area contributed by atoms with Crippen molar-refractivity contribution in [2.45, 2.75) is 6.54 Å². The molecule has 0 saturated carbocycles. The van der Waals surface area contributed by atoms with Crippen molar-refractivity contribution >= 4 is 27.5 Å². The Balaban J connectivity index is 1.43. The Bertz CT molecular complexity index is 1020. The van der Waals surface area contributed by atoms with Crippen LogP contribution in [0.4, 0.5) is 0 Å². The number of fused-ring (bicyclic) bond motifs is 1. The van der Waals surface area contributed by atoms with E-state index in [1.54, 1.807) is 13.2 Å². The highest BCUT2D eigenvalue weighted by atomic mass is 32.1. The van der Waals surface area contributed by atoms with Gasteiger partial charge in [-0.1, -0.05) is 17.3 Å². The van der Waals surface area contributed by atoms with E-state index in [-0.39, 0.29) is 12.5 Å². The topological polar surface area (TPSA) is 77.2 Å². The number of hydrogen-bond donors (Lipinski definition) is 1. The molecular formula is C19H15N3O3S. The van der Waals surface area contributed by atoms with E-state index in [4.69, 9.17) is 9.26 Å². The first-order valence-corrected chi connectivity index (χ1v) is 8.78. The Labute approximate surface area is 153 Å². The van der Waals surface area contributed by atoms with E-state index in [9.17, 15) is 4.79 Å². The first-order chi connectivity index (χ1) is 12.7. The van der Waals surface area contributed by atoms with Crippen LogP contribution in [0.25, 0.3) is 21.5 Å². The van der Waals surface area contributed by atoms with Gasteiger partial charge in [0, 0.05) is 11.6 Å². The number of carbonyl (C=O) groups is 1. The predicted molar refractivity (Wildman–Crippen MR) is 99.3 cm³/mol. The van der Waals surface area contributed by atoms with Gasteiger partial charge in [0.15, 0.2) is 10.8 Å². The lowest BCUT2D eigenvalue weighted by atomic mass is 10.1. The van der Waals surface area contributed by atoms with E-state index in [2.05, 4.69) is 15.5 Å².